The molecule has 0 bridgehead atoms. The minimum absolute atomic E-state index is 0.979. The van der Waals surface area contributed by atoms with Crippen molar-refractivity contribution in [1.82, 2.24) is 5.32 Å². The molecule has 4 heteroatoms. The normalized spacial score (nSPS) is 29.7. The van der Waals surface area contributed by atoms with E-state index in [1.165, 1.54) is 13.1 Å². The Kier molecular flexibility index (Phi) is 1.45. The van der Waals surface area contributed by atoms with Crippen LogP contribution in [0, 0.1) is 0 Å². The zero-order chi connectivity index (χ0) is 7.61. The van der Waals surface area contributed by atoms with Crippen molar-refractivity contribution in [2.45, 2.75) is 12.6 Å². The third-order valence-corrected chi connectivity index (χ3v) is 1.30. The van der Waals surface area contributed by atoms with E-state index in [4.69, 9.17) is 5.11 Å². The summed E-state index contributed by atoms with van der Waals surface area (Å²) in [4.78, 5) is 14.2. The van der Waals surface area contributed by atoms with Crippen LogP contribution in [0.15, 0.2) is 17.3 Å². The SMILES string of the molecule is CC1(C(=O)O)N=CC=CN1. The van der Waals surface area contributed by atoms with Gasteiger partial charge >= 0.3 is 5.97 Å². The van der Waals surface area contributed by atoms with E-state index in [0.717, 1.165) is 0 Å². The Labute approximate surface area is 58.3 Å². The van der Waals surface area contributed by atoms with Crippen LogP contribution in [0.3, 0.4) is 0 Å². The molecule has 0 aliphatic carbocycles. The van der Waals surface area contributed by atoms with E-state index in [2.05, 4.69) is 10.3 Å². The molecule has 1 aliphatic rings. The van der Waals surface area contributed by atoms with Crippen LogP contribution < -0.4 is 5.32 Å². The summed E-state index contributed by atoms with van der Waals surface area (Å²) in [6.07, 6.45) is 4.66. The molecule has 1 heterocycles. The molecule has 0 saturated carbocycles. The number of hydrogen-bond donors (Lipinski definition) is 2. The Morgan fingerprint density at radius 1 is 1.80 bits per heavy atom. The van der Waals surface area contributed by atoms with E-state index in [1.807, 2.05) is 0 Å². The highest BCUT2D eigenvalue weighted by Crippen LogP contribution is 2.07. The van der Waals surface area contributed by atoms with Gasteiger partial charge in [0.25, 0.3) is 0 Å². The van der Waals surface area contributed by atoms with Crippen LogP contribution >= 0.6 is 0 Å². The van der Waals surface area contributed by atoms with Crippen molar-refractivity contribution in [2.75, 3.05) is 0 Å². The zero-order valence-electron chi connectivity index (χ0n) is 5.53. The van der Waals surface area contributed by atoms with Gasteiger partial charge in [0, 0.05) is 12.4 Å². The second-order valence-corrected chi connectivity index (χ2v) is 2.16. The smallest absolute Gasteiger partial charge is 0.352 e. The van der Waals surface area contributed by atoms with Gasteiger partial charge < -0.3 is 10.4 Å². The number of hydrogen-bond acceptors (Lipinski definition) is 3. The maximum Gasteiger partial charge on any atom is 0.352 e. The minimum Gasteiger partial charge on any atom is -0.478 e. The highest BCUT2D eigenvalue weighted by molar-refractivity contribution is 5.83. The number of carboxylic acids is 1. The summed E-state index contributed by atoms with van der Waals surface area (Å²) in [6, 6.07) is 0. The van der Waals surface area contributed by atoms with Crippen molar-refractivity contribution in [2.24, 2.45) is 4.99 Å². The number of rotatable bonds is 1. The summed E-state index contributed by atoms with van der Waals surface area (Å²) < 4.78 is 0. The Hall–Kier alpha value is -1.32. The first-order valence-corrected chi connectivity index (χ1v) is 2.86. The van der Waals surface area contributed by atoms with Crippen LogP contribution in [-0.2, 0) is 4.79 Å². The van der Waals surface area contributed by atoms with E-state index < -0.39 is 11.6 Å². The van der Waals surface area contributed by atoms with Gasteiger partial charge in [0.2, 0.25) is 5.66 Å². The predicted molar refractivity (Wildman–Crippen MR) is 36.8 cm³/mol. The maximum absolute atomic E-state index is 10.5. The largest absolute Gasteiger partial charge is 0.478 e. The molecule has 1 aliphatic heterocycles. The number of aliphatic carboxylic acids is 1. The van der Waals surface area contributed by atoms with E-state index in [0.29, 0.717) is 0 Å². The van der Waals surface area contributed by atoms with Gasteiger partial charge in [-0.3, -0.25) is 4.99 Å². The molecule has 0 aromatic carbocycles. The first kappa shape index (κ1) is 6.80. The topological polar surface area (TPSA) is 61.7 Å². The zero-order valence-corrected chi connectivity index (χ0v) is 5.53. The van der Waals surface area contributed by atoms with Crippen LogP contribution in [0.4, 0.5) is 0 Å². The third-order valence-electron chi connectivity index (χ3n) is 1.30. The molecule has 1 atom stereocenters. The fourth-order valence-electron chi connectivity index (χ4n) is 0.600. The number of carboxylic acid groups (broad SMARTS) is 1. The van der Waals surface area contributed by atoms with Crippen molar-refractivity contribution < 1.29 is 9.90 Å². The van der Waals surface area contributed by atoms with Gasteiger partial charge in [0.05, 0.1) is 0 Å². The molecule has 2 N–H and O–H groups in total. The minimum atomic E-state index is -1.17. The molecule has 0 aromatic rings. The lowest BCUT2D eigenvalue weighted by molar-refractivity contribution is -0.143. The number of aliphatic imine (C=N–C) groups is 1. The molecule has 54 valence electrons. The summed E-state index contributed by atoms with van der Waals surface area (Å²) in [5, 5.41) is 11.2. The van der Waals surface area contributed by atoms with Gasteiger partial charge in [-0.25, -0.2) is 4.79 Å². The van der Waals surface area contributed by atoms with Crippen molar-refractivity contribution in [3.63, 3.8) is 0 Å². The van der Waals surface area contributed by atoms with Crippen molar-refractivity contribution >= 4 is 12.2 Å². The predicted octanol–water partition coefficient (Wildman–Crippen LogP) is -0.0251. The van der Waals surface area contributed by atoms with Crippen LogP contribution in [0.25, 0.3) is 0 Å². The Morgan fingerprint density at radius 2 is 2.50 bits per heavy atom. The molecule has 1 unspecified atom stereocenters. The average Bonchev–Trinajstić information content (AvgIpc) is 1.89. The molecule has 0 saturated heterocycles. The average molecular weight is 140 g/mol. The summed E-state index contributed by atoms with van der Waals surface area (Å²) in [5.41, 5.74) is -1.17. The van der Waals surface area contributed by atoms with Gasteiger partial charge in [-0.1, -0.05) is 0 Å². The van der Waals surface area contributed by atoms with Crippen molar-refractivity contribution in [3.05, 3.63) is 12.3 Å². The molecular formula is C6H8N2O2. The van der Waals surface area contributed by atoms with Gasteiger partial charge in [0.15, 0.2) is 0 Å². The highest BCUT2D eigenvalue weighted by atomic mass is 16.4. The van der Waals surface area contributed by atoms with Gasteiger partial charge in [0.1, 0.15) is 0 Å². The molecule has 0 spiro atoms. The fourth-order valence-corrected chi connectivity index (χ4v) is 0.600. The number of carbonyl (C=O) groups is 1. The molecule has 1 rings (SSSR count). The molecule has 0 aromatic heterocycles. The van der Waals surface area contributed by atoms with Gasteiger partial charge in [-0.05, 0) is 13.0 Å². The number of allylic oxidation sites excluding steroid dienone is 1. The van der Waals surface area contributed by atoms with Crippen LogP contribution in [0.5, 0.6) is 0 Å². The fraction of sp³-hybridized carbons (Fsp3) is 0.333. The van der Waals surface area contributed by atoms with Gasteiger partial charge in [-0.15, -0.1) is 0 Å². The summed E-state index contributed by atoms with van der Waals surface area (Å²) in [6.45, 7) is 1.50. The quantitative estimate of drug-likeness (QED) is 0.537. The monoisotopic (exact) mass is 140 g/mol. The van der Waals surface area contributed by atoms with Crippen LogP contribution in [-0.4, -0.2) is 23.0 Å². The lowest BCUT2D eigenvalue weighted by Crippen LogP contribution is -2.46. The van der Waals surface area contributed by atoms with E-state index >= 15 is 0 Å². The van der Waals surface area contributed by atoms with Gasteiger partial charge in [-0.2, -0.15) is 0 Å². The Balaban J connectivity index is 2.80. The number of nitrogens with zero attached hydrogens (tertiary/aromatic N) is 1. The third kappa shape index (κ3) is 1.00. The highest BCUT2D eigenvalue weighted by Gasteiger charge is 2.30. The Morgan fingerprint density at radius 3 is 2.80 bits per heavy atom. The molecule has 0 fully saturated rings. The lowest BCUT2D eigenvalue weighted by atomic mass is 10.2. The van der Waals surface area contributed by atoms with Crippen LogP contribution in [0.1, 0.15) is 6.92 Å². The van der Waals surface area contributed by atoms with Crippen LogP contribution in [0.2, 0.25) is 0 Å². The second kappa shape index (κ2) is 2.13. The molecular weight excluding hydrogens is 132 g/mol. The van der Waals surface area contributed by atoms with Crippen molar-refractivity contribution in [3.8, 4) is 0 Å². The number of nitrogens with one attached hydrogen (secondary N) is 1. The van der Waals surface area contributed by atoms with E-state index in [9.17, 15) is 4.79 Å². The summed E-state index contributed by atoms with van der Waals surface area (Å²) >= 11 is 0. The Bertz CT molecular complexity index is 210. The summed E-state index contributed by atoms with van der Waals surface area (Å²) in [5.74, 6) is -0.979. The van der Waals surface area contributed by atoms with E-state index in [1.54, 1.807) is 12.3 Å². The molecule has 10 heavy (non-hydrogen) atoms. The lowest BCUT2D eigenvalue weighted by Gasteiger charge is -2.21. The molecule has 4 nitrogen and oxygen atoms in total. The standard InChI is InChI=1S/C6H8N2O2/c1-6(5(9)10)7-3-2-4-8-6/h2-4,7H,1H3,(H,9,10). The molecule has 0 radical (unpaired) electrons. The maximum atomic E-state index is 10.5. The first-order chi connectivity index (χ1) is 4.65. The van der Waals surface area contributed by atoms with E-state index in [-0.39, 0.29) is 0 Å². The second-order valence-electron chi connectivity index (χ2n) is 2.16. The van der Waals surface area contributed by atoms with Crippen molar-refractivity contribution in [1.29, 1.82) is 0 Å². The molecule has 0 amide bonds. The summed E-state index contributed by atoms with van der Waals surface area (Å²) in [7, 11) is 0. The first-order valence-electron chi connectivity index (χ1n) is 2.86.